The highest BCUT2D eigenvalue weighted by Crippen LogP contribution is 2.24. The number of halogens is 1. The van der Waals surface area contributed by atoms with Crippen molar-refractivity contribution in [2.75, 3.05) is 0 Å². The van der Waals surface area contributed by atoms with Crippen molar-refractivity contribution in [2.45, 2.75) is 39.2 Å². The van der Waals surface area contributed by atoms with Crippen molar-refractivity contribution in [3.8, 4) is 5.75 Å². The van der Waals surface area contributed by atoms with E-state index in [1.165, 1.54) is 5.56 Å². The molecule has 0 amide bonds. The average Bonchev–Trinajstić information content (AvgIpc) is 2.17. The zero-order chi connectivity index (χ0) is 12.3. The highest BCUT2D eigenvalue weighted by atomic mass is 35.5. The third-order valence-electron chi connectivity index (χ3n) is 2.37. The van der Waals surface area contributed by atoms with Crippen LogP contribution in [0, 0.1) is 0 Å². The van der Waals surface area contributed by atoms with Gasteiger partial charge in [-0.3, -0.25) is 4.79 Å². The van der Waals surface area contributed by atoms with Gasteiger partial charge < -0.3 is 4.74 Å². The fourth-order valence-corrected chi connectivity index (χ4v) is 1.31. The van der Waals surface area contributed by atoms with Gasteiger partial charge in [-0.05, 0) is 49.1 Å². The summed E-state index contributed by atoms with van der Waals surface area (Å²) in [4.78, 5) is 11.1. The van der Waals surface area contributed by atoms with E-state index in [1.807, 2.05) is 24.3 Å². The van der Waals surface area contributed by atoms with Crippen LogP contribution in [-0.2, 0) is 4.79 Å². The first kappa shape index (κ1) is 13.0. The van der Waals surface area contributed by atoms with Crippen molar-refractivity contribution in [3.05, 3.63) is 29.8 Å². The summed E-state index contributed by atoms with van der Waals surface area (Å²) in [5, 5.41) is -0.498. The van der Waals surface area contributed by atoms with E-state index in [1.54, 1.807) is 13.8 Å². The molecule has 16 heavy (non-hydrogen) atoms. The van der Waals surface area contributed by atoms with Gasteiger partial charge in [0, 0.05) is 0 Å². The number of hydrogen-bond acceptors (Lipinski definition) is 2. The fraction of sp³-hybridized carbons (Fsp3) is 0.462. The van der Waals surface area contributed by atoms with Crippen molar-refractivity contribution in [1.29, 1.82) is 0 Å². The molecule has 0 spiro atoms. The number of ether oxygens (including phenoxy) is 1. The van der Waals surface area contributed by atoms with Crippen LogP contribution >= 0.6 is 11.6 Å². The lowest BCUT2D eigenvalue weighted by atomic mass is 10.0. The maximum Gasteiger partial charge on any atom is 0.264 e. The van der Waals surface area contributed by atoms with E-state index in [2.05, 4.69) is 13.8 Å². The minimum absolute atomic E-state index is 0.429. The van der Waals surface area contributed by atoms with Crippen LogP contribution in [-0.4, -0.2) is 10.8 Å². The second-order valence-corrected chi connectivity index (χ2v) is 4.96. The van der Waals surface area contributed by atoms with Gasteiger partial charge in [0.25, 0.3) is 5.24 Å². The number of benzene rings is 1. The standard InChI is InChI=1S/C13H17ClO2/c1-9(2)10-6-5-7-11(8-10)16-13(3,4)12(14)15/h5-9H,1-4H3. The summed E-state index contributed by atoms with van der Waals surface area (Å²) in [6.45, 7) is 7.53. The molecule has 0 saturated carbocycles. The number of carbonyl (C=O) groups is 1. The fourth-order valence-electron chi connectivity index (χ4n) is 1.27. The minimum Gasteiger partial charge on any atom is -0.479 e. The monoisotopic (exact) mass is 240 g/mol. The number of rotatable bonds is 4. The van der Waals surface area contributed by atoms with Crippen LogP contribution < -0.4 is 4.74 Å². The van der Waals surface area contributed by atoms with Crippen molar-refractivity contribution in [3.63, 3.8) is 0 Å². The Labute approximate surface area is 102 Å². The molecule has 0 heterocycles. The summed E-state index contributed by atoms with van der Waals surface area (Å²) in [6, 6.07) is 7.71. The first-order valence-corrected chi connectivity index (χ1v) is 5.69. The lowest BCUT2D eigenvalue weighted by Gasteiger charge is -2.22. The summed E-state index contributed by atoms with van der Waals surface area (Å²) >= 11 is 5.46. The van der Waals surface area contributed by atoms with Gasteiger partial charge in [-0.15, -0.1) is 0 Å². The van der Waals surface area contributed by atoms with Crippen molar-refractivity contribution >= 4 is 16.8 Å². The molecule has 1 rings (SSSR count). The van der Waals surface area contributed by atoms with Gasteiger partial charge in [-0.1, -0.05) is 26.0 Å². The van der Waals surface area contributed by atoms with E-state index in [-0.39, 0.29) is 0 Å². The van der Waals surface area contributed by atoms with E-state index in [4.69, 9.17) is 16.3 Å². The van der Waals surface area contributed by atoms with Crippen molar-refractivity contribution < 1.29 is 9.53 Å². The summed E-state index contributed by atoms with van der Waals surface area (Å²) in [7, 11) is 0. The quantitative estimate of drug-likeness (QED) is 0.750. The lowest BCUT2D eigenvalue weighted by Crippen LogP contribution is -2.34. The molecular formula is C13H17ClO2. The predicted molar refractivity (Wildman–Crippen MR) is 66.1 cm³/mol. The van der Waals surface area contributed by atoms with Gasteiger partial charge in [-0.2, -0.15) is 0 Å². The molecule has 1 aromatic rings. The van der Waals surface area contributed by atoms with E-state index < -0.39 is 10.8 Å². The molecule has 0 fully saturated rings. The first-order chi connectivity index (χ1) is 7.33. The first-order valence-electron chi connectivity index (χ1n) is 5.32. The average molecular weight is 241 g/mol. The molecule has 0 N–H and O–H groups in total. The van der Waals surface area contributed by atoms with E-state index in [0.29, 0.717) is 11.7 Å². The highest BCUT2D eigenvalue weighted by molar-refractivity contribution is 6.65. The normalized spacial score (nSPS) is 11.6. The second kappa shape index (κ2) is 4.88. The third-order valence-corrected chi connectivity index (χ3v) is 2.83. The summed E-state index contributed by atoms with van der Waals surface area (Å²) in [6.07, 6.45) is 0. The summed E-state index contributed by atoms with van der Waals surface area (Å²) < 4.78 is 5.57. The Kier molecular flexibility index (Phi) is 3.98. The highest BCUT2D eigenvalue weighted by Gasteiger charge is 2.28. The SMILES string of the molecule is CC(C)c1cccc(OC(C)(C)C(=O)Cl)c1. The molecule has 0 aliphatic carbocycles. The maximum atomic E-state index is 11.1. The predicted octanol–water partition coefficient (Wildman–Crippen LogP) is 3.73. The van der Waals surface area contributed by atoms with Crippen molar-refractivity contribution in [1.82, 2.24) is 0 Å². The van der Waals surface area contributed by atoms with Crippen LogP contribution in [0.2, 0.25) is 0 Å². The van der Waals surface area contributed by atoms with Crippen LogP contribution in [0.1, 0.15) is 39.2 Å². The van der Waals surface area contributed by atoms with Crippen LogP contribution in [0.3, 0.4) is 0 Å². The van der Waals surface area contributed by atoms with Crippen molar-refractivity contribution in [2.24, 2.45) is 0 Å². The molecule has 3 heteroatoms. The maximum absolute atomic E-state index is 11.1. The Hall–Kier alpha value is -1.02. The molecule has 0 bridgehead atoms. The zero-order valence-corrected chi connectivity index (χ0v) is 10.8. The number of hydrogen-bond donors (Lipinski definition) is 0. The second-order valence-electron chi connectivity index (χ2n) is 4.61. The van der Waals surface area contributed by atoms with Gasteiger partial charge in [0.2, 0.25) is 0 Å². The summed E-state index contributed by atoms with van der Waals surface area (Å²) in [5.41, 5.74) is 0.187. The Balaban J connectivity index is 2.90. The topological polar surface area (TPSA) is 26.3 Å². The van der Waals surface area contributed by atoms with Crippen LogP contribution in [0.25, 0.3) is 0 Å². The minimum atomic E-state index is -0.989. The molecule has 0 saturated heterocycles. The Bertz CT molecular complexity index is 383. The van der Waals surface area contributed by atoms with Gasteiger partial charge in [0.15, 0.2) is 5.60 Å². The largest absolute Gasteiger partial charge is 0.479 e. The number of carbonyl (C=O) groups excluding carboxylic acids is 1. The Morgan fingerprint density at radius 2 is 2.00 bits per heavy atom. The van der Waals surface area contributed by atoms with Gasteiger partial charge in [-0.25, -0.2) is 0 Å². The molecule has 1 aromatic carbocycles. The lowest BCUT2D eigenvalue weighted by molar-refractivity contribution is -0.123. The molecule has 88 valence electrons. The zero-order valence-electron chi connectivity index (χ0n) is 10.1. The molecule has 2 nitrogen and oxygen atoms in total. The van der Waals surface area contributed by atoms with E-state index >= 15 is 0 Å². The van der Waals surface area contributed by atoms with Gasteiger partial charge in [0.1, 0.15) is 5.75 Å². The third kappa shape index (κ3) is 3.24. The molecule has 0 radical (unpaired) electrons. The van der Waals surface area contributed by atoms with Crippen LogP contribution in [0.5, 0.6) is 5.75 Å². The molecule has 0 aromatic heterocycles. The smallest absolute Gasteiger partial charge is 0.264 e. The van der Waals surface area contributed by atoms with Crippen LogP contribution in [0.15, 0.2) is 24.3 Å². The summed E-state index contributed by atoms with van der Waals surface area (Å²) in [5.74, 6) is 1.10. The molecule has 0 aliphatic rings. The van der Waals surface area contributed by atoms with Gasteiger partial charge >= 0.3 is 0 Å². The van der Waals surface area contributed by atoms with E-state index in [0.717, 1.165) is 0 Å². The Morgan fingerprint density at radius 1 is 1.38 bits per heavy atom. The van der Waals surface area contributed by atoms with Crippen LogP contribution in [0.4, 0.5) is 0 Å². The van der Waals surface area contributed by atoms with Gasteiger partial charge in [0.05, 0.1) is 0 Å². The molecule has 0 unspecified atom stereocenters. The molecule has 0 atom stereocenters. The molecular weight excluding hydrogens is 224 g/mol. The molecule has 0 aliphatic heterocycles. The van der Waals surface area contributed by atoms with E-state index in [9.17, 15) is 4.79 Å². The Morgan fingerprint density at radius 3 is 2.50 bits per heavy atom.